The molecule has 1 saturated heterocycles. The van der Waals surface area contributed by atoms with Crippen molar-refractivity contribution in [3.8, 4) is 16.9 Å². The van der Waals surface area contributed by atoms with Gasteiger partial charge in [-0.1, -0.05) is 6.08 Å². The first-order valence-electron chi connectivity index (χ1n) is 11.7. The summed E-state index contributed by atoms with van der Waals surface area (Å²) in [5, 5.41) is 9.94. The zero-order valence-electron chi connectivity index (χ0n) is 19.3. The number of benzene rings is 1. The van der Waals surface area contributed by atoms with E-state index in [-0.39, 0.29) is 12.4 Å². The van der Waals surface area contributed by atoms with E-state index in [1.807, 2.05) is 11.0 Å². The lowest BCUT2D eigenvalue weighted by Crippen LogP contribution is -2.51. The van der Waals surface area contributed by atoms with Crippen molar-refractivity contribution >= 4 is 22.6 Å². The summed E-state index contributed by atoms with van der Waals surface area (Å²) in [7, 11) is 1.59. The van der Waals surface area contributed by atoms with Crippen molar-refractivity contribution < 1.29 is 19.0 Å². The molecule has 7 nitrogen and oxygen atoms in total. The zero-order valence-corrected chi connectivity index (χ0v) is 19.3. The summed E-state index contributed by atoms with van der Waals surface area (Å²) >= 11 is 0. The van der Waals surface area contributed by atoms with E-state index < -0.39 is 5.97 Å². The number of hydrogen-bond acceptors (Lipinski definition) is 5. The van der Waals surface area contributed by atoms with Crippen LogP contribution in [0.15, 0.2) is 42.6 Å². The van der Waals surface area contributed by atoms with E-state index >= 15 is 0 Å². The molecule has 0 saturated carbocycles. The summed E-state index contributed by atoms with van der Waals surface area (Å²) in [6, 6.07) is 9.05. The number of nitrogens with zero attached hydrogens (tertiary/aromatic N) is 3. The number of piperazine rings is 1. The molecule has 1 fully saturated rings. The molecule has 1 aliphatic heterocycles. The highest BCUT2D eigenvalue weighted by atomic mass is 19.1. The quantitative estimate of drug-likeness (QED) is 0.574. The summed E-state index contributed by atoms with van der Waals surface area (Å²) in [5.74, 6) is -0.438. The second kappa shape index (κ2) is 9.56. The van der Waals surface area contributed by atoms with Crippen LogP contribution in [-0.2, 0) is 4.79 Å². The SMILES string of the molecule is COc1ccc(F)cc1-c1ccnc2[nH]c(C3=CCC(N4CCN(CC(=O)O)CC4)CC3)cc12. The van der Waals surface area contributed by atoms with Crippen molar-refractivity contribution in [2.75, 3.05) is 39.8 Å². The van der Waals surface area contributed by atoms with Gasteiger partial charge in [0.2, 0.25) is 0 Å². The van der Waals surface area contributed by atoms with Gasteiger partial charge in [-0.05, 0) is 60.7 Å². The fraction of sp³-hybridized carbons (Fsp3) is 0.385. The smallest absolute Gasteiger partial charge is 0.317 e. The molecule has 1 aromatic carbocycles. The number of fused-ring (bicyclic) bond motifs is 1. The third kappa shape index (κ3) is 4.56. The van der Waals surface area contributed by atoms with E-state index in [2.05, 4.69) is 27.0 Å². The second-order valence-corrected chi connectivity index (χ2v) is 9.01. The van der Waals surface area contributed by atoms with Crippen LogP contribution in [0.5, 0.6) is 5.75 Å². The first-order chi connectivity index (χ1) is 16.5. The summed E-state index contributed by atoms with van der Waals surface area (Å²) in [4.78, 5) is 23.4. The molecular weight excluding hydrogens is 435 g/mol. The van der Waals surface area contributed by atoms with E-state index in [0.29, 0.717) is 17.4 Å². The van der Waals surface area contributed by atoms with Crippen molar-refractivity contribution in [2.24, 2.45) is 0 Å². The van der Waals surface area contributed by atoms with Crippen molar-refractivity contribution in [1.29, 1.82) is 0 Å². The van der Waals surface area contributed by atoms with Crippen LogP contribution in [0.4, 0.5) is 4.39 Å². The standard InChI is InChI=1S/C26H29FN4O3/c1-34-24-7-4-18(27)14-21(24)20-8-9-28-26-22(20)15-23(29-26)17-2-5-19(6-3-17)31-12-10-30(11-13-31)16-25(32)33/h2,4,7-9,14-15,19H,3,5-6,10-13,16H2,1H3,(H,28,29)(H,32,33). The van der Waals surface area contributed by atoms with Gasteiger partial charge in [0.25, 0.3) is 0 Å². The van der Waals surface area contributed by atoms with Gasteiger partial charge in [-0.25, -0.2) is 9.37 Å². The maximum absolute atomic E-state index is 14.0. The molecule has 2 N–H and O–H groups in total. The molecule has 3 aromatic rings. The van der Waals surface area contributed by atoms with Gasteiger partial charge in [0.15, 0.2) is 0 Å². The highest BCUT2D eigenvalue weighted by molar-refractivity contribution is 5.96. The zero-order chi connectivity index (χ0) is 23.7. The largest absolute Gasteiger partial charge is 0.496 e. The Balaban J connectivity index is 1.33. The topological polar surface area (TPSA) is 81.7 Å². The number of halogens is 1. The molecule has 178 valence electrons. The number of allylic oxidation sites excluding steroid dienone is 1. The molecule has 1 unspecified atom stereocenters. The number of hydrogen-bond donors (Lipinski definition) is 2. The minimum absolute atomic E-state index is 0.125. The number of nitrogens with one attached hydrogen (secondary N) is 1. The molecule has 0 radical (unpaired) electrons. The summed E-state index contributed by atoms with van der Waals surface area (Å²) in [6.45, 7) is 3.56. The van der Waals surface area contributed by atoms with Crippen LogP contribution in [0.1, 0.15) is 25.0 Å². The summed E-state index contributed by atoms with van der Waals surface area (Å²) in [5.41, 5.74) is 4.69. The molecule has 8 heteroatoms. The Hall–Kier alpha value is -3.23. The van der Waals surface area contributed by atoms with Crippen LogP contribution in [0.3, 0.4) is 0 Å². The number of aromatic amines is 1. The lowest BCUT2D eigenvalue weighted by atomic mass is 9.91. The van der Waals surface area contributed by atoms with E-state index in [0.717, 1.165) is 67.7 Å². The number of rotatable bonds is 6. The maximum Gasteiger partial charge on any atom is 0.317 e. The minimum Gasteiger partial charge on any atom is -0.496 e. The molecule has 5 rings (SSSR count). The van der Waals surface area contributed by atoms with Crippen molar-refractivity contribution in [3.05, 3.63) is 54.1 Å². The number of carbonyl (C=O) groups is 1. The van der Waals surface area contributed by atoms with Crippen LogP contribution < -0.4 is 4.74 Å². The monoisotopic (exact) mass is 464 g/mol. The second-order valence-electron chi connectivity index (χ2n) is 9.01. The lowest BCUT2D eigenvalue weighted by Gasteiger charge is -2.39. The van der Waals surface area contributed by atoms with Crippen LogP contribution >= 0.6 is 0 Å². The van der Waals surface area contributed by atoms with Crippen molar-refractivity contribution in [1.82, 2.24) is 19.8 Å². The van der Waals surface area contributed by atoms with E-state index in [9.17, 15) is 9.18 Å². The summed E-state index contributed by atoms with van der Waals surface area (Å²) in [6.07, 6.45) is 7.05. The van der Waals surface area contributed by atoms with Gasteiger partial charge in [-0.2, -0.15) is 0 Å². The van der Waals surface area contributed by atoms with Gasteiger partial charge in [0, 0.05) is 55.1 Å². The number of aromatic nitrogens is 2. The van der Waals surface area contributed by atoms with E-state index in [4.69, 9.17) is 9.84 Å². The third-order valence-corrected chi connectivity index (χ3v) is 6.99. The Kier molecular flexibility index (Phi) is 6.34. The third-order valence-electron chi connectivity index (χ3n) is 6.99. The first kappa shape index (κ1) is 22.6. The predicted octanol–water partition coefficient (Wildman–Crippen LogP) is 4.02. The Morgan fingerprint density at radius 2 is 2.03 bits per heavy atom. The van der Waals surface area contributed by atoms with Crippen LogP contribution in [0, 0.1) is 5.82 Å². The Morgan fingerprint density at radius 3 is 2.74 bits per heavy atom. The first-order valence-corrected chi connectivity index (χ1v) is 11.7. The van der Waals surface area contributed by atoms with Gasteiger partial charge >= 0.3 is 5.97 Å². The molecule has 34 heavy (non-hydrogen) atoms. The number of methoxy groups -OCH3 is 1. The number of carboxylic acid groups (broad SMARTS) is 1. The molecule has 2 aromatic heterocycles. The summed E-state index contributed by atoms with van der Waals surface area (Å²) < 4.78 is 19.5. The Bertz CT molecular complexity index is 1230. The molecule has 1 aliphatic carbocycles. The predicted molar refractivity (Wildman–Crippen MR) is 129 cm³/mol. The van der Waals surface area contributed by atoms with Gasteiger partial charge in [-0.15, -0.1) is 0 Å². The average Bonchev–Trinajstić information content (AvgIpc) is 3.29. The number of ether oxygens (including phenoxy) is 1. The van der Waals surface area contributed by atoms with Gasteiger partial charge in [-0.3, -0.25) is 14.6 Å². The number of carboxylic acids is 1. The molecule has 0 bridgehead atoms. The van der Waals surface area contributed by atoms with Crippen LogP contribution in [0.2, 0.25) is 0 Å². The molecule has 3 heterocycles. The number of H-pyrrole nitrogens is 1. The molecule has 1 atom stereocenters. The Morgan fingerprint density at radius 1 is 1.21 bits per heavy atom. The highest BCUT2D eigenvalue weighted by Crippen LogP contribution is 2.37. The lowest BCUT2D eigenvalue weighted by molar-refractivity contribution is -0.138. The van der Waals surface area contributed by atoms with Crippen LogP contribution in [-0.4, -0.2) is 76.7 Å². The molecule has 2 aliphatic rings. The fourth-order valence-corrected chi connectivity index (χ4v) is 5.20. The van der Waals surface area contributed by atoms with Gasteiger partial charge < -0.3 is 14.8 Å². The van der Waals surface area contributed by atoms with E-state index in [1.165, 1.54) is 17.7 Å². The normalized spacial score (nSPS) is 19.8. The molecule has 0 amide bonds. The van der Waals surface area contributed by atoms with E-state index in [1.54, 1.807) is 19.4 Å². The minimum atomic E-state index is -0.759. The number of pyridine rings is 1. The molecule has 0 spiro atoms. The number of aliphatic carboxylic acids is 1. The Labute approximate surface area is 197 Å². The average molecular weight is 465 g/mol. The van der Waals surface area contributed by atoms with Crippen LogP contribution in [0.25, 0.3) is 27.7 Å². The molecular formula is C26H29FN4O3. The van der Waals surface area contributed by atoms with Gasteiger partial charge in [0.1, 0.15) is 17.2 Å². The van der Waals surface area contributed by atoms with Crippen molar-refractivity contribution in [3.63, 3.8) is 0 Å². The highest BCUT2D eigenvalue weighted by Gasteiger charge is 2.26. The fourth-order valence-electron chi connectivity index (χ4n) is 5.20. The van der Waals surface area contributed by atoms with Gasteiger partial charge in [0.05, 0.1) is 13.7 Å². The maximum atomic E-state index is 14.0. The van der Waals surface area contributed by atoms with Crippen molar-refractivity contribution in [2.45, 2.75) is 25.3 Å².